The van der Waals surface area contributed by atoms with Gasteiger partial charge >= 0.3 is 0 Å². The Bertz CT molecular complexity index is 887. The normalized spacial score (nSPS) is 14.3. The molecule has 1 heterocycles. The number of ether oxygens (including phenoxy) is 1. The number of nitrogens with one attached hydrogen (secondary N) is 1. The molecule has 0 saturated heterocycles. The number of benzene rings is 2. The third-order valence-electron chi connectivity index (χ3n) is 4.11. The quantitative estimate of drug-likeness (QED) is 0.788. The van der Waals surface area contributed by atoms with Gasteiger partial charge in [-0.2, -0.15) is 0 Å². The first-order valence-corrected chi connectivity index (χ1v) is 8.81. The van der Waals surface area contributed by atoms with Crippen molar-refractivity contribution in [2.45, 2.75) is 26.9 Å². The van der Waals surface area contributed by atoms with Crippen molar-refractivity contribution in [3.8, 4) is 5.75 Å². The third kappa shape index (κ3) is 3.84. The molecule has 0 saturated carbocycles. The largest absolute Gasteiger partial charge is 0.491 e. The molecular weight excluding hydrogens is 347 g/mol. The maximum Gasteiger partial charge on any atom is 0.278 e. The number of anilines is 1. The topological polar surface area (TPSA) is 58.6 Å². The highest BCUT2D eigenvalue weighted by Gasteiger charge is 2.38. The number of halogens is 1. The molecule has 3 rings (SSSR count). The number of rotatable bonds is 6. The highest BCUT2D eigenvalue weighted by atomic mass is 19.1. The SMILES string of the molecule is CCN1C(=O)C(Nc2ccc(F)cc2)=C(c2ccc(OC(C)C)cc2)C1=O. The minimum atomic E-state index is -0.399. The fourth-order valence-electron chi connectivity index (χ4n) is 2.90. The van der Waals surface area contributed by atoms with Crippen molar-refractivity contribution in [2.24, 2.45) is 0 Å². The van der Waals surface area contributed by atoms with Crippen molar-refractivity contribution < 1.29 is 18.7 Å². The Morgan fingerprint density at radius 2 is 1.63 bits per heavy atom. The number of hydrogen-bond acceptors (Lipinski definition) is 4. The first kappa shape index (κ1) is 18.6. The van der Waals surface area contributed by atoms with Gasteiger partial charge in [0.25, 0.3) is 11.8 Å². The Morgan fingerprint density at radius 1 is 1.00 bits per heavy atom. The Hall–Kier alpha value is -3.15. The summed E-state index contributed by atoms with van der Waals surface area (Å²) in [6.45, 7) is 5.87. The van der Waals surface area contributed by atoms with Crippen LogP contribution in [0.3, 0.4) is 0 Å². The van der Waals surface area contributed by atoms with Crippen molar-refractivity contribution in [3.05, 3.63) is 65.6 Å². The van der Waals surface area contributed by atoms with Gasteiger partial charge < -0.3 is 10.1 Å². The van der Waals surface area contributed by atoms with E-state index in [1.54, 1.807) is 31.2 Å². The maximum atomic E-state index is 13.1. The van der Waals surface area contributed by atoms with Crippen LogP contribution in [0.2, 0.25) is 0 Å². The molecule has 6 heteroatoms. The average molecular weight is 368 g/mol. The molecule has 2 aromatic rings. The van der Waals surface area contributed by atoms with Gasteiger partial charge in [-0.3, -0.25) is 14.5 Å². The number of likely N-dealkylation sites (N-methyl/N-ethyl adjacent to an activating group) is 1. The highest BCUT2D eigenvalue weighted by molar-refractivity contribution is 6.36. The van der Waals surface area contributed by atoms with E-state index in [-0.39, 0.29) is 30.1 Å². The number of imide groups is 1. The van der Waals surface area contributed by atoms with Crippen molar-refractivity contribution in [3.63, 3.8) is 0 Å². The molecule has 140 valence electrons. The highest BCUT2D eigenvalue weighted by Crippen LogP contribution is 2.31. The van der Waals surface area contributed by atoms with Crippen LogP contribution in [-0.4, -0.2) is 29.4 Å². The van der Waals surface area contributed by atoms with Crippen LogP contribution in [0.15, 0.2) is 54.2 Å². The molecule has 2 amide bonds. The van der Waals surface area contributed by atoms with E-state index in [1.165, 1.54) is 29.2 Å². The summed E-state index contributed by atoms with van der Waals surface area (Å²) < 4.78 is 18.8. The van der Waals surface area contributed by atoms with E-state index < -0.39 is 5.91 Å². The van der Waals surface area contributed by atoms with Gasteiger partial charge in [0.1, 0.15) is 17.3 Å². The molecule has 0 spiro atoms. The zero-order chi connectivity index (χ0) is 19.6. The van der Waals surface area contributed by atoms with Gasteiger partial charge in [-0.05, 0) is 62.7 Å². The van der Waals surface area contributed by atoms with Gasteiger partial charge in [0.2, 0.25) is 0 Å². The Morgan fingerprint density at radius 3 is 2.19 bits per heavy atom. The van der Waals surface area contributed by atoms with Gasteiger partial charge in [-0.25, -0.2) is 4.39 Å². The molecule has 0 fully saturated rings. The first-order chi connectivity index (χ1) is 12.9. The van der Waals surface area contributed by atoms with Crippen molar-refractivity contribution in [2.75, 3.05) is 11.9 Å². The second kappa shape index (κ2) is 7.61. The molecule has 0 bridgehead atoms. The van der Waals surface area contributed by atoms with Crippen LogP contribution in [0.4, 0.5) is 10.1 Å². The fraction of sp³-hybridized carbons (Fsp3) is 0.238. The number of nitrogens with zero attached hydrogens (tertiary/aromatic N) is 1. The van der Waals surface area contributed by atoms with E-state index in [0.717, 1.165) is 0 Å². The lowest BCUT2D eigenvalue weighted by atomic mass is 10.0. The zero-order valence-corrected chi connectivity index (χ0v) is 15.5. The van der Waals surface area contributed by atoms with Gasteiger partial charge in [0, 0.05) is 12.2 Å². The Balaban J connectivity index is 2.00. The monoisotopic (exact) mass is 368 g/mol. The van der Waals surface area contributed by atoms with Crippen LogP contribution in [0.1, 0.15) is 26.3 Å². The van der Waals surface area contributed by atoms with Crippen molar-refractivity contribution in [1.29, 1.82) is 0 Å². The lowest BCUT2D eigenvalue weighted by Gasteiger charge is -2.12. The van der Waals surface area contributed by atoms with Gasteiger partial charge in [-0.1, -0.05) is 12.1 Å². The molecule has 1 N–H and O–H groups in total. The molecule has 5 nitrogen and oxygen atoms in total. The minimum absolute atomic E-state index is 0.0380. The molecule has 0 aromatic heterocycles. The molecule has 0 unspecified atom stereocenters. The second-order valence-corrected chi connectivity index (χ2v) is 6.43. The predicted molar refractivity (Wildman–Crippen MR) is 102 cm³/mol. The molecule has 27 heavy (non-hydrogen) atoms. The summed E-state index contributed by atoms with van der Waals surface area (Å²) in [6, 6.07) is 12.7. The van der Waals surface area contributed by atoms with E-state index in [1.807, 2.05) is 13.8 Å². The predicted octanol–water partition coefficient (Wildman–Crippen LogP) is 3.82. The van der Waals surface area contributed by atoms with Gasteiger partial charge in [0.15, 0.2) is 0 Å². The van der Waals surface area contributed by atoms with Crippen LogP contribution < -0.4 is 10.1 Å². The van der Waals surface area contributed by atoms with Crippen LogP contribution in [0.25, 0.3) is 5.57 Å². The molecule has 0 radical (unpaired) electrons. The van der Waals surface area contributed by atoms with Crippen LogP contribution >= 0.6 is 0 Å². The molecule has 1 aliphatic heterocycles. The molecule has 1 aliphatic rings. The summed E-state index contributed by atoms with van der Waals surface area (Å²) in [5.41, 5.74) is 1.63. The summed E-state index contributed by atoms with van der Waals surface area (Å²) in [4.78, 5) is 26.7. The van der Waals surface area contributed by atoms with E-state index in [0.29, 0.717) is 22.6 Å². The molecule has 0 atom stereocenters. The van der Waals surface area contributed by atoms with Crippen LogP contribution in [0, 0.1) is 5.82 Å². The van der Waals surface area contributed by atoms with Gasteiger partial charge in [0.05, 0.1) is 11.7 Å². The lowest BCUT2D eigenvalue weighted by molar-refractivity contribution is -0.136. The van der Waals surface area contributed by atoms with Crippen molar-refractivity contribution in [1.82, 2.24) is 4.90 Å². The van der Waals surface area contributed by atoms with E-state index in [4.69, 9.17) is 4.74 Å². The number of hydrogen-bond donors (Lipinski definition) is 1. The van der Waals surface area contributed by atoms with E-state index in [2.05, 4.69) is 5.32 Å². The third-order valence-corrected chi connectivity index (χ3v) is 4.11. The number of carbonyl (C=O) groups is 2. The minimum Gasteiger partial charge on any atom is -0.491 e. The number of carbonyl (C=O) groups excluding carboxylic acids is 2. The fourth-order valence-corrected chi connectivity index (χ4v) is 2.90. The van der Waals surface area contributed by atoms with Crippen LogP contribution in [-0.2, 0) is 9.59 Å². The summed E-state index contributed by atoms with van der Waals surface area (Å²) >= 11 is 0. The first-order valence-electron chi connectivity index (χ1n) is 8.81. The maximum absolute atomic E-state index is 13.1. The summed E-state index contributed by atoms with van der Waals surface area (Å²) in [5.74, 6) is -0.444. The second-order valence-electron chi connectivity index (χ2n) is 6.43. The molecule has 2 aromatic carbocycles. The number of amides is 2. The van der Waals surface area contributed by atoms with Gasteiger partial charge in [-0.15, -0.1) is 0 Å². The van der Waals surface area contributed by atoms with Crippen molar-refractivity contribution >= 4 is 23.1 Å². The standard InChI is InChI=1S/C21H21FN2O3/c1-4-24-20(25)18(14-5-11-17(12-6-14)27-13(2)3)19(21(24)26)23-16-9-7-15(22)8-10-16/h5-13,23H,4H2,1-3H3. The average Bonchev–Trinajstić information content (AvgIpc) is 2.87. The summed E-state index contributed by atoms with van der Waals surface area (Å²) in [7, 11) is 0. The Labute approximate surface area is 157 Å². The van der Waals surface area contributed by atoms with E-state index in [9.17, 15) is 14.0 Å². The Kier molecular flexibility index (Phi) is 5.26. The molecule has 0 aliphatic carbocycles. The molecular formula is C21H21FN2O3. The van der Waals surface area contributed by atoms with Crippen LogP contribution in [0.5, 0.6) is 5.75 Å². The smallest absolute Gasteiger partial charge is 0.278 e. The lowest BCUT2D eigenvalue weighted by Crippen LogP contribution is -2.32. The zero-order valence-electron chi connectivity index (χ0n) is 15.5. The van der Waals surface area contributed by atoms with E-state index >= 15 is 0 Å². The summed E-state index contributed by atoms with van der Waals surface area (Å²) in [5, 5.41) is 2.98. The summed E-state index contributed by atoms with van der Waals surface area (Å²) in [6.07, 6.45) is 0.0380.